The van der Waals surface area contributed by atoms with Crippen LogP contribution >= 0.6 is 0 Å². The number of carbonyl (C=O) groups is 1. The molecule has 0 unspecified atom stereocenters. The molecule has 5 heteroatoms. The van der Waals surface area contributed by atoms with Gasteiger partial charge in [-0.25, -0.2) is 0 Å². The summed E-state index contributed by atoms with van der Waals surface area (Å²) >= 11 is 0. The zero-order valence-corrected chi connectivity index (χ0v) is 9.47. The molecule has 0 radical (unpaired) electrons. The monoisotopic (exact) mass is 232 g/mol. The van der Waals surface area contributed by atoms with Gasteiger partial charge < -0.3 is 4.90 Å². The molecule has 1 amide bonds. The van der Waals surface area contributed by atoms with Crippen LogP contribution in [0.4, 0.5) is 11.4 Å². The van der Waals surface area contributed by atoms with E-state index >= 15 is 0 Å². The number of hydrogen-bond donors (Lipinski definition) is 0. The Balaban J connectivity index is 2.19. The first-order chi connectivity index (χ1) is 8.06. The molecule has 0 N–H and O–H groups in total. The molecule has 0 aromatic heterocycles. The lowest BCUT2D eigenvalue weighted by molar-refractivity contribution is -0.384. The molecule has 0 atom stereocenters. The number of amides is 1. The number of carbonyl (C=O) groups excluding carboxylic acids is 1. The lowest BCUT2D eigenvalue weighted by Gasteiger charge is -2.36. The summed E-state index contributed by atoms with van der Waals surface area (Å²) in [5.41, 5.74) is 1.26. The van der Waals surface area contributed by atoms with E-state index in [-0.39, 0.29) is 11.6 Å². The third kappa shape index (κ3) is 1.11. The lowest BCUT2D eigenvalue weighted by atomic mass is 9.65. The van der Waals surface area contributed by atoms with Crippen LogP contribution in [0, 0.1) is 10.1 Å². The minimum Gasteiger partial charge on any atom is -0.314 e. The molecule has 2 aliphatic rings. The van der Waals surface area contributed by atoms with E-state index in [0.29, 0.717) is 0 Å². The first-order valence-corrected chi connectivity index (χ1v) is 5.63. The van der Waals surface area contributed by atoms with Gasteiger partial charge in [-0.15, -0.1) is 0 Å². The fourth-order valence-electron chi connectivity index (χ4n) is 2.87. The van der Waals surface area contributed by atoms with E-state index in [4.69, 9.17) is 0 Å². The van der Waals surface area contributed by atoms with Gasteiger partial charge in [0.15, 0.2) is 0 Å². The molecule has 3 rings (SSSR count). The van der Waals surface area contributed by atoms with Gasteiger partial charge in [0.25, 0.3) is 5.69 Å². The van der Waals surface area contributed by atoms with Crippen molar-refractivity contribution in [2.45, 2.75) is 24.7 Å². The van der Waals surface area contributed by atoms with Gasteiger partial charge in [0.1, 0.15) is 0 Å². The van der Waals surface area contributed by atoms with Crippen LogP contribution in [0.1, 0.15) is 24.8 Å². The third-order valence-corrected chi connectivity index (χ3v) is 3.99. The second-order valence-electron chi connectivity index (χ2n) is 4.76. The average Bonchev–Trinajstić information content (AvgIpc) is 2.47. The van der Waals surface area contributed by atoms with Crippen LogP contribution in [0.15, 0.2) is 18.2 Å². The number of non-ortho nitro benzene ring substituents is 1. The molecule has 17 heavy (non-hydrogen) atoms. The summed E-state index contributed by atoms with van der Waals surface area (Å²) in [6.45, 7) is 0. The Morgan fingerprint density at radius 1 is 1.41 bits per heavy atom. The van der Waals surface area contributed by atoms with Crippen LogP contribution in [-0.4, -0.2) is 17.9 Å². The zero-order valence-electron chi connectivity index (χ0n) is 9.47. The van der Waals surface area contributed by atoms with Crippen molar-refractivity contribution in [3.8, 4) is 0 Å². The van der Waals surface area contributed by atoms with Crippen LogP contribution in [0.3, 0.4) is 0 Å². The topological polar surface area (TPSA) is 63.5 Å². The van der Waals surface area contributed by atoms with Gasteiger partial charge >= 0.3 is 0 Å². The van der Waals surface area contributed by atoms with E-state index in [9.17, 15) is 14.9 Å². The van der Waals surface area contributed by atoms with Gasteiger partial charge in [0.05, 0.1) is 10.3 Å². The Kier molecular flexibility index (Phi) is 1.85. The van der Waals surface area contributed by atoms with Crippen molar-refractivity contribution >= 4 is 17.3 Å². The largest absolute Gasteiger partial charge is 0.314 e. The van der Waals surface area contributed by atoms with E-state index < -0.39 is 10.3 Å². The van der Waals surface area contributed by atoms with Crippen molar-refractivity contribution < 1.29 is 9.72 Å². The summed E-state index contributed by atoms with van der Waals surface area (Å²) in [4.78, 5) is 24.2. The molecule has 5 nitrogen and oxygen atoms in total. The molecule has 1 saturated carbocycles. The normalized spacial score (nSPS) is 20.3. The molecule has 0 bridgehead atoms. The summed E-state index contributed by atoms with van der Waals surface area (Å²) in [6.07, 6.45) is 2.64. The van der Waals surface area contributed by atoms with E-state index in [1.807, 2.05) is 0 Å². The van der Waals surface area contributed by atoms with Crippen molar-refractivity contribution in [1.29, 1.82) is 0 Å². The summed E-state index contributed by atoms with van der Waals surface area (Å²) in [5.74, 6) is 0.0826. The third-order valence-electron chi connectivity index (χ3n) is 3.99. The Hall–Kier alpha value is -1.91. The van der Waals surface area contributed by atoms with Crippen molar-refractivity contribution in [3.05, 3.63) is 33.9 Å². The maximum atomic E-state index is 12.2. The highest BCUT2D eigenvalue weighted by Gasteiger charge is 2.53. The molecule has 1 spiro atoms. The Bertz CT molecular complexity index is 535. The van der Waals surface area contributed by atoms with Gasteiger partial charge in [0, 0.05) is 24.9 Å². The SMILES string of the molecule is CN1C(=O)C2(CCC2)c2cc([N+](=O)[O-])ccc21. The highest BCUT2D eigenvalue weighted by molar-refractivity contribution is 6.08. The molecule has 88 valence electrons. The van der Waals surface area contributed by atoms with E-state index in [1.165, 1.54) is 6.07 Å². The number of anilines is 1. The van der Waals surface area contributed by atoms with Gasteiger partial charge in [-0.2, -0.15) is 0 Å². The number of likely N-dealkylation sites (N-methyl/N-ethyl adjacent to an activating group) is 1. The van der Waals surface area contributed by atoms with Crippen molar-refractivity contribution in [1.82, 2.24) is 0 Å². The van der Waals surface area contributed by atoms with E-state index in [1.54, 1.807) is 24.1 Å². The standard InChI is InChI=1S/C12H12N2O3/c1-13-10-4-3-8(14(16)17)7-9(10)12(11(13)15)5-2-6-12/h3-4,7H,2,5-6H2,1H3. The Labute approximate surface area is 98.2 Å². The fourth-order valence-corrected chi connectivity index (χ4v) is 2.87. The Morgan fingerprint density at radius 2 is 2.12 bits per heavy atom. The average molecular weight is 232 g/mol. The van der Waals surface area contributed by atoms with Crippen LogP contribution in [0.5, 0.6) is 0 Å². The predicted octanol–water partition coefficient (Wildman–Crippen LogP) is 1.99. The molecule has 1 aliphatic heterocycles. The van der Waals surface area contributed by atoms with Gasteiger partial charge in [0.2, 0.25) is 5.91 Å². The van der Waals surface area contributed by atoms with Crippen LogP contribution in [0.2, 0.25) is 0 Å². The van der Waals surface area contributed by atoms with Crippen LogP contribution in [0.25, 0.3) is 0 Å². The van der Waals surface area contributed by atoms with Gasteiger partial charge in [-0.3, -0.25) is 14.9 Å². The number of fused-ring (bicyclic) bond motifs is 2. The molecule has 1 heterocycles. The highest BCUT2D eigenvalue weighted by Crippen LogP contribution is 2.53. The second kappa shape index (κ2) is 3.06. The number of nitro groups is 1. The van der Waals surface area contributed by atoms with Gasteiger partial charge in [-0.1, -0.05) is 6.42 Å². The first-order valence-electron chi connectivity index (χ1n) is 5.63. The molecular formula is C12H12N2O3. The quantitative estimate of drug-likeness (QED) is 0.549. The maximum Gasteiger partial charge on any atom is 0.269 e. The predicted molar refractivity (Wildman–Crippen MR) is 62.0 cm³/mol. The van der Waals surface area contributed by atoms with Crippen LogP contribution < -0.4 is 4.90 Å². The minimum atomic E-state index is -0.462. The molecule has 1 aliphatic carbocycles. The Morgan fingerprint density at radius 3 is 2.65 bits per heavy atom. The number of nitro benzene ring substituents is 1. The fraction of sp³-hybridized carbons (Fsp3) is 0.417. The smallest absolute Gasteiger partial charge is 0.269 e. The lowest BCUT2D eigenvalue weighted by Crippen LogP contribution is -2.43. The number of rotatable bonds is 1. The van der Waals surface area contributed by atoms with E-state index in [2.05, 4.69) is 0 Å². The zero-order chi connectivity index (χ0) is 12.2. The summed E-state index contributed by atoms with van der Waals surface area (Å²) in [6, 6.07) is 4.70. The second-order valence-corrected chi connectivity index (χ2v) is 4.76. The van der Waals surface area contributed by atoms with Gasteiger partial charge in [-0.05, 0) is 24.5 Å². The molecular weight excluding hydrogens is 220 g/mol. The molecule has 1 fully saturated rings. The van der Waals surface area contributed by atoms with E-state index in [0.717, 1.165) is 30.5 Å². The minimum absolute atomic E-state index is 0.0677. The number of nitrogens with zero attached hydrogens (tertiary/aromatic N) is 2. The molecule has 1 aromatic carbocycles. The van der Waals surface area contributed by atoms with Crippen molar-refractivity contribution in [2.75, 3.05) is 11.9 Å². The van der Waals surface area contributed by atoms with Crippen molar-refractivity contribution in [2.24, 2.45) is 0 Å². The first kappa shape index (κ1) is 10.3. The summed E-state index contributed by atoms with van der Waals surface area (Å²) in [7, 11) is 1.74. The number of hydrogen-bond acceptors (Lipinski definition) is 3. The molecule has 0 saturated heterocycles. The molecule has 1 aromatic rings. The summed E-state index contributed by atoms with van der Waals surface area (Å²) in [5, 5.41) is 10.8. The maximum absolute atomic E-state index is 12.2. The highest BCUT2D eigenvalue weighted by atomic mass is 16.6. The van der Waals surface area contributed by atoms with Crippen LogP contribution in [-0.2, 0) is 10.2 Å². The number of benzene rings is 1. The summed E-state index contributed by atoms with van der Waals surface area (Å²) < 4.78 is 0. The van der Waals surface area contributed by atoms with Crippen molar-refractivity contribution in [3.63, 3.8) is 0 Å².